The van der Waals surface area contributed by atoms with Crippen LogP contribution in [0.2, 0.25) is 0 Å². The Morgan fingerprint density at radius 1 is 1.00 bits per heavy atom. The number of carboxylic acids is 1. The van der Waals surface area contributed by atoms with Gasteiger partial charge in [-0.05, 0) is 24.6 Å². The number of benzene rings is 2. The molecular formula is C17H17NO4. The SMILES string of the molecule is Cc1ccc(N(C(=O)O)C(CC(=O)O)c2ccccc2)cc1. The van der Waals surface area contributed by atoms with E-state index >= 15 is 0 Å². The third-order valence-corrected chi connectivity index (χ3v) is 3.38. The Bertz CT molecular complexity index is 652. The molecule has 0 aliphatic rings. The maximum absolute atomic E-state index is 11.7. The van der Waals surface area contributed by atoms with E-state index < -0.39 is 18.1 Å². The average Bonchev–Trinajstić information content (AvgIpc) is 2.49. The quantitative estimate of drug-likeness (QED) is 0.882. The van der Waals surface area contributed by atoms with Gasteiger partial charge in [0.25, 0.3) is 0 Å². The fourth-order valence-corrected chi connectivity index (χ4v) is 2.33. The normalized spacial score (nSPS) is 11.7. The molecule has 5 heteroatoms. The Morgan fingerprint density at radius 2 is 1.59 bits per heavy atom. The molecule has 2 N–H and O–H groups in total. The predicted molar refractivity (Wildman–Crippen MR) is 83.1 cm³/mol. The molecule has 0 spiro atoms. The van der Waals surface area contributed by atoms with Crippen molar-refractivity contribution >= 4 is 17.7 Å². The minimum absolute atomic E-state index is 0.301. The van der Waals surface area contributed by atoms with Crippen LogP contribution < -0.4 is 4.90 Å². The van der Waals surface area contributed by atoms with E-state index in [0.717, 1.165) is 10.5 Å². The Hall–Kier alpha value is -2.82. The summed E-state index contributed by atoms with van der Waals surface area (Å²) in [6, 6.07) is 15.0. The molecule has 114 valence electrons. The van der Waals surface area contributed by atoms with Crippen molar-refractivity contribution in [2.75, 3.05) is 4.90 Å². The van der Waals surface area contributed by atoms with Crippen molar-refractivity contribution in [1.82, 2.24) is 0 Å². The Balaban J connectivity index is 2.47. The molecule has 2 rings (SSSR count). The number of aryl methyl sites for hydroxylation is 1. The second kappa shape index (κ2) is 6.76. The molecular weight excluding hydrogens is 282 g/mol. The summed E-state index contributed by atoms with van der Waals surface area (Å²) >= 11 is 0. The number of amides is 1. The van der Waals surface area contributed by atoms with Gasteiger partial charge in [0.1, 0.15) is 0 Å². The van der Waals surface area contributed by atoms with Gasteiger partial charge < -0.3 is 10.2 Å². The first-order valence-corrected chi connectivity index (χ1v) is 6.84. The van der Waals surface area contributed by atoms with Crippen molar-refractivity contribution in [2.45, 2.75) is 19.4 Å². The highest BCUT2D eigenvalue weighted by atomic mass is 16.4. The summed E-state index contributed by atoms with van der Waals surface area (Å²) in [5, 5.41) is 18.7. The van der Waals surface area contributed by atoms with Crippen molar-refractivity contribution in [3.05, 3.63) is 65.7 Å². The van der Waals surface area contributed by atoms with E-state index in [1.54, 1.807) is 54.6 Å². The number of aliphatic carboxylic acids is 1. The summed E-state index contributed by atoms with van der Waals surface area (Å²) < 4.78 is 0. The zero-order chi connectivity index (χ0) is 16.1. The van der Waals surface area contributed by atoms with Gasteiger partial charge in [-0.3, -0.25) is 9.69 Å². The molecule has 1 atom stereocenters. The van der Waals surface area contributed by atoms with Gasteiger partial charge in [0, 0.05) is 5.69 Å². The van der Waals surface area contributed by atoms with E-state index in [1.165, 1.54) is 0 Å². The van der Waals surface area contributed by atoms with Gasteiger partial charge in [-0.25, -0.2) is 4.79 Å². The van der Waals surface area contributed by atoms with Crippen LogP contribution in [0.15, 0.2) is 54.6 Å². The van der Waals surface area contributed by atoms with E-state index in [1.807, 2.05) is 6.92 Å². The smallest absolute Gasteiger partial charge is 0.412 e. The Labute approximate surface area is 128 Å². The van der Waals surface area contributed by atoms with Gasteiger partial charge in [0.2, 0.25) is 0 Å². The average molecular weight is 299 g/mol. The monoisotopic (exact) mass is 299 g/mol. The molecule has 0 saturated heterocycles. The van der Waals surface area contributed by atoms with Crippen LogP contribution in [0, 0.1) is 6.92 Å². The highest BCUT2D eigenvalue weighted by Crippen LogP contribution is 2.30. The third-order valence-electron chi connectivity index (χ3n) is 3.38. The fourth-order valence-electron chi connectivity index (χ4n) is 2.33. The summed E-state index contributed by atoms with van der Waals surface area (Å²) in [7, 11) is 0. The van der Waals surface area contributed by atoms with E-state index in [0.29, 0.717) is 11.3 Å². The predicted octanol–water partition coefficient (Wildman–Crippen LogP) is 3.70. The largest absolute Gasteiger partial charge is 0.481 e. The van der Waals surface area contributed by atoms with Crippen LogP contribution in [0.1, 0.15) is 23.6 Å². The molecule has 0 aromatic heterocycles. The van der Waals surface area contributed by atoms with Crippen molar-refractivity contribution in [2.24, 2.45) is 0 Å². The van der Waals surface area contributed by atoms with Gasteiger partial charge >= 0.3 is 12.1 Å². The van der Waals surface area contributed by atoms with Crippen molar-refractivity contribution in [3.8, 4) is 0 Å². The molecule has 0 heterocycles. The van der Waals surface area contributed by atoms with Gasteiger partial charge in [-0.1, -0.05) is 48.0 Å². The molecule has 0 radical (unpaired) electrons. The van der Waals surface area contributed by atoms with Crippen LogP contribution in [0.4, 0.5) is 10.5 Å². The maximum atomic E-state index is 11.7. The molecule has 22 heavy (non-hydrogen) atoms. The molecule has 0 aliphatic carbocycles. The zero-order valence-electron chi connectivity index (χ0n) is 12.1. The first-order valence-electron chi connectivity index (χ1n) is 6.84. The van der Waals surface area contributed by atoms with Crippen LogP contribution in [-0.2, 0) is 4.79 Å². The van der Waals surface area contributed by atoms with Gasteiger partial charge in [0.15, 0.2) is 0 Å². The molecule has 0 bridgehead atoms. The van der Waals surface area contributed by atoms with Gasteiger partial charge in [0.05, 0.1) is 12.5 Å². The van der Waals surface area contributed by atoms with Crippen molar-refractivity contribution in [1.29, 1.82) is 0 Å². The van der Waals surface area contributed by atoms with Gasteiger partial charge in [-0.2, -0.15) is 0 Å². The van der Waals surface area contributed by atoms with Crippen LogP contribution in [0.25, 0.3) is 0 Å². The lowest BCUT2D eigenvalue weighted by Gasteiger charge is -2.29. The number of carboxylic acid groups (broad SMARTS) is 2. The highest BCUT2D eigenvalue weighted by Gasteiger charge is 2.28. The lowest BCUT2D eigenvalue weighted by atomic mass is 10.0. The Morgan fingerprint density at radius 3 is 2.09 bits per heavy atom. The minimum atomic E-state index is -1.18. The summed E-state index contributed by atoms with van der Waals surface area (Å²) in [5.41, 5.74) is 2.10. The Kier molecular flexibility index (Phi) is 4.78. The first kappa shape index (κ1) is 15.6. The van der Waals surface area contributed by atoms with E-state index in [-0.39, 0.29) is 6.42 Å². The first-order chi connectivity index (χ1) is 10.5. The van der Waals surface area contributed by atoms with Gasteiger partial charge in [-0.15, -0.1) is 0 Å². The molecule has 5 nitrogen and oxygen atoms in total. The molecule has 0 aliphatic heterocycles. The van der Waals surface area contributed by atoms with Crippen molar-refractivity contribution in [3.63, 3.8) is 0 Å². The summed E-state index contributed by atoms with van der Waals surface area (Å²) in [6.07, 6.45) is -1.48. The minimum Gasteiger partial charge on any atom is -0.481 e. The maximum Gasteiger partial charge on any atom is 0.412 e. The summed E-state index contributed by atoms with van der Waals surface area (Å²) in [4.78, 5) is 24.0. The number of rotatable bonds is 5. The zero-order valence-corrected chi connectivity index (χ0v) is 12.1. The summed E-state index contributed by atoms with van der Waals surface area (Å²) in [6.45, 7) is 1.90. The topological polar surface area (TPSA) is 77.8 Å². The second-order valence-electron chi connectivity index (χ2n) is 5.01. The lowest BCUT2D eigenvalue weighted by molar-refractivity contribution is -0.137. The molecule has 0 saturated carbocycles. The number of anilines is 1. The standard InChI is InChI=1S/C17H17NO4/c1-12-7-9-14(10-8-12)18(17(21)22)15(11-16(19)20)13-5-3-2-4-6-13/h2-10,15H,11H2,1H3,(H,19,20)(H,21,22). The van der Waals surface area contributed by atoms with E-state index in [4.69, 9.17) is 5.11 Å². The number of hydrogen-bond donors (Lipinski definition) is 2. The summed E-state index contributed by atoms with van der Waals surface area (Å²) in [5.74, 6) is -1.05. The van der Waals surface area contributed by atoms with Crippen LogP contribution in [-0.4, -0.2) is 22.3 Å². The molecule has 2 aromatic carbocycles. The second-order valence-corrected chi connectivity index (χ2v) is 5.01. The molecule has 0 fully saturated rings. The van der Waals surface area contributed by atoms with Crippen molar-refractivity contribution < 1.29 is 19.8 Å². The molecule has 1 unspecified atom stereocenters. The number of carbonyl (C=O) groups is 2. The molecule has 2 aromatic rings. The number of hydrogen-bond acceptors (Lipinski definition) is 2. The fraction of sp³-hybridized carbons (Fsp3) is 0.176. The van der Waals surface area contributed by atoms with Crippen LogP contribution in [0.5, 0.6) is 0 Å². The van der Waals surface area contributed by atoms with E-state index in [9.17, 15) is 14.7 Å². The molecule has 1 amide bonds. The van der Waals surface area contributed by atoms with Crippen LogP contribution in [0.3, 0.4) is 0 Å². The van der Waals surface area contributed by atoms with Crippen LogP contribution >= 0.6 is 0 Å². The number of nitrogens with zero attached hydrogens (tertiary/aromatic N) is 1. The highest BCUT2D eigenvalue weighted by molar-refractivity contribution is 5.88. The van der Waals surface area contributed by atoms with E-state index in [2.05, 4.69) is 0 Å². The lowest BCUT2D eigenvalue weighted by Crippen LogP contribution is -2.35. The third kappa shape index (κ3) is 3.63.